The van der Waals surface area contributed by atoms with Gasteiger partial charge in [-0.15, -0.1) is 0 Å². The highest BCUT2D eigenvalue weighted by molar-refractivity contribution is 5.74. The number of carboxylic acid groups (broad SMARTS) is 4. The fourth-order valence-corrected chi connectivity index (χ4v) is 3.79. The van der Waals surface area contributed by atoms with Gasteiger partial charge < -0.3 is 79.5 Å². The molecule has 2 heterocycles. The predicted molar refractivity (Wildman–Crippen MR) is 119 cm³/mol. The molecule has 0 aromatic carbocycles. The summed E-state index contributed by atoms with van der Waals surface area (Å²) in [5, 5.41) is 97.4. The average molecular weight is 602 g/mol. The zero-order chi connectivity index (χ0) is 31.6. The van der Waals surface area contributed by atoms with E-state index in [0.29, 0.717) is 0 Å². The maximum Gasteiger partial charge on any atom is 0.508 e. The minimum Gasteiger partial charge on any atom is -0.481 e. The molecule has 0 bridgehead atoms. The fourth-order valence-electron chi connectivity index (χ4n) is 3.79. The van der Waals surface area contributed by atoms with Crippen molar-refractivity contribution in [1.29, 1.82) is 0 Å². The SMILES string of the molecule is C/C(O[C@@H](C(O)OC(=O)O)C(O)C(=O)O)=C1/OC(C(=O)O)[C@@H](OC(C)(C)[C@H]2OC(O)[C@H](O)C(C(=O)O)O2)C(O)C1O. The maximum atomic E-state index is 12.0. The molecular formula is C21H30O20. The number of aliphatic hydroxyl groups is 6. The smallest absolute Gasteiger partial charge is 0.481 e. The van der Waals surface area contributed by atoms with Gasteiger partial charge in [-0.25, -0.2) is 19.2 Å². The lowest BCUT2D eigenvalue weighted by Gasteiger charge is -2.46. The number of aliphatic carboxylic acids is 3. The molecule has 0 aromatic heterocycles. The second-order valence-electron chi connectivity index (χ2n) is 9.30. The van der Waals surface area contributed by atoms with Gasteiger partial charge in [0.15, 0.2) is 36.7 Å². The van der Waals surface area contributed by atoms with Gasteiger partial charge in [0.05, 0.1) is 0 Å². The molecule has 10 N–H and O–H groups in total. The fraction of sp³-hybridized carbons (Fsp3) is 0.714. The minimum absolute atomic E-state index is 0.723. The molecule has 0 amide bonds. The monoisotopic (exact) mass is 602 g/mol. The molecule has 2 saturated heterocycles. The van der Waals surface area contributed by atoms with E-state index in [1.807, 2.05) is 0 Å². The van der Waals surface area contributed by atoms with Gasteiger partial charge >= 0.3 is 24.1 Å². The quantitative estimate of drug-likeness (QED) is 0.0610. The van der Waals surface area contributed by atoms with E-state index in [0.717, 1.165) is 6.92 Å². The van der Waals surface area contributed by atoms with Crippen LogP contribution < -0.4 is 0 Å². The molecule has 0 saturated carbocycles. The van der Waals surface area contributed by atoms with E-state index in [2.05, 4.69) is 4.74 Å². The van der Waals surface area contributed by atoms with E-state index < -0.39 is 109 Å². The van der Waals surface area contributed by atoms with Crippen LogP contribution in [-0.2, 0) is 42.8 Å². The Labute approximate surface area is 229 Å². The zero-order valence-electron chi connectivity index (χ0n) is 21.4. The van der Waals surface area contributed by atoms with E-state index in [-0.39, 0.29) is 0 Å². The third-order valence-corrected chi connectivity index (χ3v) is 5.84. The Kier molecular flexibility index (Phi) is 10.8. The first-order chi connectivity index (χ1) is 18.8. The van der Waals surface area contributed by atoms with Crippen molar-refractivity contribution in [2.24, 2.45) is 0 Å². The van der Waals surface area contributed by atoms with Crippen LogP contribution in [0.2, 0.25) is 0 Å². The molecule has 0 spiro atoms. The molecule has 2 fully saturated rings. The van der Waals surface area contributed by atoms with Crippen LogP contribution in [0, 0.1) is 0 Å². The van der Waals surface area contributed by atoms with E-state index >= 15 is 0 Å². The van der Waals surface area contributed by atoms with Crippen molar-refractivity contribution in [2.75, 3.05) is 0 Å². The molecule has 0 aliphatic carbocycles. The second-order valence-corrected chi connectivity index (χ2v) is 9.30. The van der Waals surface area contributed by atoms with Crippen molar-refractivity contribution in [3.63, 3.8) is 0 Å². The van der Waals surface area contributed by atoms with Crippen molar-refractivity contribution in [1.82, 2.24) is 0 Å². The summed E-state index contributed by atoms with van der Waals surface area (Å²) in [5.41, 5.74) is -1.90. The van der Waals surface area contributed by atoms with Gasteiger partial charge in [-0.2, -0.15) is 0 Å². The van der Waals surface area contributed by atoms with Gasteiger partial charge in [-0.05, 0) is 20.8 Å². The lowest BCUT2D eigenvalue weighted by Crippen LogP contribution is -2.63. The molecule has 20 heteroatoms. The molecule has 2 aliphatic heterocycles. The summed E-state index contributed by atoms with van der Waals surface area (Å²) >= 11 is 0. The van der Waals surface area contributed by atoms with Crippen LogP contribution in [0.25, 0.3) is 0 Å². The summed E-state index contributed by atoms with van der Waals surface area (Å²) in [6.45, 7) is 3.26. The first-order valence-electron chi connectivity index (χ1n) is 11.5. The van der Waals surface area contributed by atoms with Gasteiger partial charge in [-0.3, -0.25) is 0 Å². The number of rotatable bonds is 11. The molecular weight excluding hydrogens is 572 g/mol. The summed E-state index contributed by atoms with van der Waals surface area (Å²) in [7, 11) is 0. The Balaban J connectivity index is 2.36. The van der Waals surface area contributed by atoms with Crippen molar-refractivity contribution >= 4 is 24.1 Å². The molecule has 11 atom stereocenters. The van der Waals surface area contributed by atoms with Crippen LogP contribution in [0.15, 0.2) is 11.5 Å². The Morgan fingerprint density at radius 2 is 1.41 bits per heavy atom. The molecule has 41 heavy (non-hydrogen) atoms. The van der Waals surface area contributed by atoms with Crippen LogP contribution in [0.5, 0.6) is 0 Å². The number of hydrogen-bond donors (Lipinski definition) is 10. The number of carbonyl (C=O) groups is 4. The van der Waals surface area contributed by atoms with Gasteiger partial charge in [0.2, 0.25) is 12.4 Å². The Morgan fingerprint density at radius 3 is 1.90 bits per heavy atom. The summed E-state index contributed by atoms with van der Waals surface area (Å²) in [6, 6.07) is 0. The Hall–Kier alpha value is -3.34. The van der Waals surface area contributed by atoms with Crippen LogP contribution >= 0.6 is 0 Å². The summed E-state index contributed by atoms with van der Waals surface area (Å²) in [4.78, 5) is 45.3. The van der Waals surface area contributed by atoms with Crippen LogP contribution in [0.1, 0.15) is 20.8 Å². The first-order valence-corrected chi connectivity index (χ1v) is 11.5. The van der Waals surface area contributed by atoms with E-state index in [1.165, 1.54) is 13.8 Å². The number of hydrogen-bond acceptors (Lipinski definition) is 16. The van der Waals surface area contributed by atoms with E-state index in [9.17, 15) is 60.0 Å². The number of ether oxygens (including phenoxy) is 6. The average Bonchev–Trinajstić information content (AvgIpc) is 2.85. The zero-order valence-corrected chi connectivity index (χ0v) is 21.4. The maximum absolute atomic E-state index is 12.0. The van der Waals surface area contributed by atoms with Crippen LogP contribution in [0.3, 0.4) is 0 Å². The highest BCUT2D eigenvalue weighted by Gasteiger charge is 2.54. The third kappa shape index (κ3) is 7.69. The van der Waals surface area contributed by atoms with Gasteiger partial charge in [0.25, 0.3) is 0 Å². The molecule has 20 nitrogen and oxygen atoms in total. The van der Waals surface area contributed by atoms with Crippen molar-refractivity contribution in [3.8, 4) is 0 Å². The molecule has 0 radical (unpaired) electrons. The van der Waals surface area contributed by atoms with E-state index in [1.54, 1.807) is 0 Å². The minimum atomic E-state index is -2.61. The summed E-state index contributed by atoms with van der Waals surface area (Å²) in [5.74, 6) is -7.07. The molecule has 2 aliphatic rings. The number of aliphatic hydroxyl groups excluding tert-OH is 6. The Morgan fingerprint density at radius 1 is 0.854 bits per heavy atom. The van der Waals surface area contributed by atoms with E-state index in [4.69, 9.17) is 33.9 Å². The third-order valence-electron chi connectivity index (χ3n) is 5.84. The molecule has 0 aromatic rings. The second kappa shape index (κ2) is 13.1. The highest BCUT2D eigenvalue weighted by Crippen LogP contribution is 2.35. The number of allylic oxidation sites excluding steroid dienone is 1. The van der Waals surface area contributed by atoms with Gasteiger partial charge in [-0.1, -0.05) is 0 Å². The van der Waals surface area contributed by atoms with Crippen molar-refractivity contribution < 1.29 is 98.7 Å². The highest BCUT2D eigenvalue weighted by atomic mass is 16.8. The Bertz CT molecular complexity index is 1020. The number of carboxylic acids is 3. The molecule has 2 rings (SSSR count). The largest absolute Gasteiger partial charge is 0.508 e. The first kappa shape index (κ1) is 33.9. The lowest BCUT2D eigenvalue weighted by atomic mass is 9.95. The van der Waals surface area contributed by atoms with Crippen molar-refractivity contribution in [3.05, 3.63) is 11.5 Å². The van der Waals surface area contributed by atoms with Crippen molar-refractivity contribution in [2.45, 2.75) is 94.1 Å². The molecule has 7 unspecified atom stereocenters. The standard InChI is InChI=1S/C21H30O20/c1-4(36-12(7(24)14(26)27)18(33)40-20(34)35)9-5(22)6(23)10(13(37-9)16(30)31)41-21(2,3)19-38-11(15(28)29)8(25)17(32)39-19/h5-8,10-13,17-19,22-25,32-33H,1-3H3,(H,26,27)(H,28,29)(H,30,31)(H,34,35)/b9-4-/t5?,6?,7?,8-,10+,11?,12-,13?,17?,18?,19-/m1/s1. The van der Waals surface area contributed by atoms with Crippen LogP contribution in [-0.4, -0.2) is 148 Å². The van der Waals surface area contributed by atoms with Gasteiger partial charge in [0, 0.05) is 0 Å². The summed E-state index contributed by atoms with van der Waals surface area (Å²) in [6.07, 6.45) is -26.1. The normalized spacial score (nSPS) is 33.9. The predicted octanol–water partition coefficient (Wildman–Crippen LogP) is -4.06. The molecule has 234 valence electrons. The lowest BCUT2D eigenvalue weighted by molar-refractivity contribution is -0.375. The summed E-state index contributed by atoms with van der Waals surface area (Å²) < 4.78 is 30.0. The van der Waals surface area contributed by atoms with Crippen LogP contribution in [0.4, 0.5) is 4.79 Å². The van der Waals surface area contributed by atoms with Gasteiger partial charge in [0.1, 0.15) is 35.8 Å². The topological polar surface area (TPSA) is 326 Å².